The summed E-state index contributed by atoms with van der Waals surface area (Å²) in [6, 6.07) is 1.38. The standard InChI is InChI=1S/C10H15N3O5.H5O10P3/c1-10(8(16)7(15)5(4-14)18-10)13-3-2-6(11)12-9(13)17;1-11(2,3)9-13(7,8)10-12(4,5)6/h2-3,5,7-8,14-16H,4H2,1H3,(H2,11,12,17);(H,7,8)(H2,1,2,3)(H2,4,5,6)/t5-,7-,8-,10-;/m1./s1. The Labute approximate surface area is 172 Å². The van der Waals surface area contributed by atoms with Gasteiger partial charge >= 0.3 is 29.2 Å². The third kappa shape index (κ3) is 8.09. The topological polar surface area (TPSA) is 302 Å². The summed E-state index contributed by atoms with van der Waals surface area (Å²) in [7, 11) is -16.2. The Hall–Kier alpha value is -1.07. The maximum atomic E-state index is 11.7. The van der Waals surface area contributed by atoms with Gasteiger partial charge in [0.1, 0.15) is 24.1 Å². The molecular weight excluding hydrogens is 495 g/mol. The van der Waals surface area contributed by atoms with Crippen LogP contribution in [0.1, 0.15) is 6.92 Å². The van der Waals surface area contributed by atoms with E-state index >= 15 is 0 Å². The molecular formula is C10H20N3O15P3. The highest BCUT2D eigenvalue weighted by Gasteiger charge is 2.52. The zero-order valence-electron chi connectivity index (χ0n) is 15.3. The quantitative estimate of drug-likeness (QED) is 0.170. The average Bonchev–Trinajstić information content (AvgIpc) is 2.75. The van der Waals surface area contributed by atoms with Gasteiger partial charge in [-0.1, -0.05) is 0 Å². The molecule has 31 heavy (non-hydrogen) atoms. The number of nitrogens with two attached hydrogens (primary N) is 1. The number of hydrogen-bond acceptors (Lipinski definition) is 12. The highest BCUT2D eigenvalue weighted by atomic mass is 31.3. The molecule has 1 aromatic heterocycles. The van der Waals surface area contributed by atoms with E-state index in [4.69, 9.17) is 40.0 Å². The Morgan fingerprint density at radius 1 is 1.16 bits per heavy atom. The number of nitrogen functional groups attached to an aromatic ring is 1. The number of phosphoric acid groups is 3. The van der Waals surface area contributed by atoms with E-state index in [9.17, 15) is 28.7 Å². The van der Waals surface area contributed by atoms with E-state index in [1.165, 1.54) is 19.2 Å². The molecule has 18 nitrogen and oxygen atoms in total. The van der Waals surface area contributed by atoms with Gasteiger partial charge in [-0.05, 0) is 13.0 Å². The normalized spacial score (nSPS) is 26.9. The lowest BCUT2D eigenvalue weighted by molar-refractivity contribution is -0.137. The van der Waals surface area contributed by atoms with Crippen molar-refractivity contribution in [3.8, 4) is 0 Å². The number of aliphatic hydroxyl groups is 3. The predicted octanol–water partition coefficient (Wildman–Crippen LogP) is -3.08. The Kier molecular flexibility index (Phi) is 8.86. The molecule has 1 aliphatic heterocycles. The molecule has 0 spiro atoms. The van der Waals surface area contributed by atoms with E-state index in [1.807, 2.05) is 0 Å². The van der Waals surface area contributed by atoms with Crippen molar-refractivity contribution in [2.75, 3.05) is 12.3 Å². The highest BCUT2D eigenvalue weighted by molar-refractivity contribution is 7.66. The zero-order chi connectivity index (χ0) is 24.4. The molecule has 1 aromatic rings. The van der Waals surface area contributed by atoms with Crippen LogP contribution in [0.15, 0.2) is 17.1 Å². The van der Waals surface area contributed by atoms with Gasteiger partial charge < -0.3 is 50.3 Å². The van der Waals surface area contributed by atoms with Gasteiger partial charge in [0.25, 0.3) is 0 Å². The van der Waals surface area contributed by atoms with Crippen LogP contribution in [0.25, 0.3) is 0 Å². The minimum absolute atomic E-state index is 0.0478. The molecule has 0 saturated carbocycles. The van der Waals surface area contributed by atoms with Gasteiger partial charge in [-0.2, -0.15) is 13.6 Å². The second-order valence-electron chi connectivity index (χ2n) is 5.95. The maximum Gasteiger partial charge on any atom is 0.490 e. The van der Waals surface area contributed by atoms with Crippen molar-refractivity contribution in [2.24, 2.45) is 0 Å². The molecule has 0 bridgehead atoms. The van der Waals surface area contributed by atoms with Crippen molar-refractivity contribution in [1.29, 1.82) is 0 Å². The average molecular weight is 515 g/mol. The first-order valence-corrected chi connectivity index (χ1v) is 12.2. The third-order valence-corrected chi connectivity index (χ3v) is 6.90. The number of aromatic nitrogens is 2. The maximum absolute atomic E-state index is 11.7. The van der Waals surface area contributed by atoms with E-state index in [0.29, 0.717) is 0 Å². The molecule has 0 radical (unpaired) electrons. The van der Waals surface area contributed by atoms with Crippen molar-refractivity contribution in [3.63, 3.8) is 0 Å². The SMILES string of the molecule is C[C@@]1(n2ccc(N)nc2=O)O[C@H](CO)[C@@H](O)[C@H]1O.O=P(O)(O)OP(=O)(O)OP(=O)(O)O. The molecule has 2 rings (SSSR count). The van der Waals surface area contributed by atoms with E-state index in [0.717, 1.165) is 4.57 Å². The molecule has 10 N–H and O–H groups in total. The number of anilines is 1. The smallest absolute Gasteiger partial charge is 0.394 e. The molecule has 1 saturated heterocycles. The molecule has 1 fully saturated rings. The number of ether oxygens (including phenoxy) is 1. The molecule has 1 aliphatic rings. The number of hydrogen-bond donors (Lipinski definition) is 9. The fourth-order valence-electron chi connectivity index (χ4n) is 2.35. The van der Waals surface area contributed by atoms with Crippen molar-refractivity contribution in [2.45, 2.75) is 31.0 Å². The fraction of sp³-hybridized carbons (Fsp3) is 0.600. The second-order valence-corrected chi connectivity index (χ2v) is 10.2. The summed E-state index contributed by atoms with van der Waals surface area (Å²) < 4.78 is 42.8. The molecule has 0 aromatic carbocycles. The number of rotatable bonds is 6. The van der Waals surface area contributed by atoms with Gasteiger partial charge in [0.15, 0.2) is 5.72 Å². The largest absolute Gasteiger partial charge is 0.490 e. The van der Waals surface area contributed by atoms with Gasteiger partial charge in [-0.3, -0.25) is 4.57 Å². The van der Waals surface area contributed by atoms with Gasteiger partial charge in [0, 0.05) is 6.20 Å². The van der Waals surface area contributed by atoms with Crippen LogP contribution in [-0.4, -0.2) is 74.3 Å². The minimum atomic E-state index is -5.46. The van der Waals surface area contributed by atoms with Crippen LogP contribution in [0, 0.1) is 0 Å². The van der Waals surface area contributed by atoms with Crippen LogP contribution < -0.4 is 11.4 Å². The van der Waals surface area contributed by atoms with E-state index < -0.39 is 59.8 Å². The van der Waals surface area contributed by atoms with Gasteiger partial charge in [-0.15, -0.1) is 0 Å². The number of nitrogens with zero attached hydrogens (tertiary/aromatic N) is 2. The first-order chi connectivity index (χ1) is 13.8. The lowest BCUT2D eigenvalue weighted by Gasteiger charge is -2.29. The first-order valence-electron chi connectivity index (χ1n) is 7.68. The summed E-state index contributed by atoms with van der Waals surface area (Å²) in [4.78, 5) is 55.4. The first kappa shape index (κ1) is 28.0. The zero-order valence-corrected chi connectivity index (χ0v) is 18.0. The van der Waals surface area contributed by atoms with Crippen LogP contribution >= 0.6 is 23.5 Å². The van der Waals surface area contributed by atoms with Crippen molar-refractivity contribution in [1.82, 2.24) is 9.55 Å². The highest BCUT2D eigenvalue weighted by Crippen LogP contribution is 2.64. The Morgan fingerprint density at radius 3 is 2.00 bits per heavy atom. The molecule has 0 aliphatic carbocycles. The molecule has 0 unspecified atom stereocenters. The summed E-state index contributed by atoms with van der Waals surface area (Å²) in [6.07, 6.45) is -2.29. The lowest BCUT2D eigenvalue weighted by atomic mass is 10.0. The van der Waals surface area contributed by atoms with E-state index in [-0.39, 0.29) is 5.82 Å². The number of aliphatic hydroxyl groups excluding tert-OH is 3. The van der Waals surface area contributed by atoms with Crippen LogP contribution in [0.4, 0.5) is 5.82 Å². The monoisotopic (exact) mass is 515 g/mol. The third-order valence-electron chi connectivity index (χ3n) is 3.55. The molecule has 180 valence electrons. The fourth-order valence-corrected chi connectivity index (χ4v) is 4.89. The summed E-state index contributed by atoms with van der Waals surface area (Å²) in [6.45, 7) is 0.959. The minimum Gasteiger partial charge on any atom is -0.394 e. The molecule has 4 atom stereocenters. The van der Waals surface area contributed by atoms with Crippen molar-refractivity contribution < 1.29 is 66.8 Å². The summed E-state index contributed by atoms with van der Waals surface area (Å²) in [5.41, 5.74) is 3.17. The molecule has 2 heterocycles. The van der Waals surface area contributed by atoms with Crippen LogP contribution in [-0.2, 0) is 32.8 Å². The van der Waals surface area contributed by atoms with E-state index in [2.05, 4.69) is 13.6 Å². The van der Waals surface area contributed by atoms with E-state index in [1.54, 1.807) is 0 Å². The van der Waals surface area contributed by atoms with Crippen LogP contribution in [0.3, 0.4) is 0 Å². The molecule has 21 heteroatoms. The summed E-state index contributed by atoms with van der Waals surface area (Å²) >= 11 is 0. The second kappa shape index (κ2) is 9.82. The van der Waals surface area contributed by atoms with Crippen molar-refractivity contribution in [3.05, 3.63) is 22.7 Å². The van der Waals surface area contributed by atoms with Crippen molar-refractivity contribution >= 4 is 29.3 Å². The summed E-state index contributed by atoms with van der Waals surface area (Å²) in [5, 5.41) is 28.7. The molecule has 0 amide bonds. The lowest BCUT2D eigenvalue weighted by Crippen LogP contribution is -2.48. The van der Waals surface area contributed by atoms with Crippen LogP contribution in [0.5, 0.6) is 0 Å². The Balaban J connectivity index is 0.000000330. The predicted molar refractivity (Wildman–Crippen MR) is 96.6 cm³/mol. The van der Waals surface area contributed by atoms with Crippen LogP contribution in [0.2, 0.25) is 0 Å². The van der Waals surface area contributed by atoms with Gasteiger partial charge in [0.05, 0.1) is 6.61 Å². The van der Waals surface area contributed by atoms with Gasteiger partial charge in [-0.25, -0.2) is 18.5 Å². The summed E-state index contributed by atoms with van der Waals surface area (Å²) in [5.74, 6) is 0.0478. The Bertz CT molecular complexity index is 945. The Morgan fingerprint density at radius 2 is 1.65 bits per heavy atom. The van der Waals surface area contributed by atoms with Gasteiger partial charge in [0.2, 0.25) is 0 Å².